The highest BCUT2D eigenvalue weighted by Crippen LogP contribution is 2.50. The van der Waals surface area contributed by atoms with Crippen molar-refractivity contribution in [2.75, 3.05) is 27.3 Å². The molecule has 0 aromatic carbocycles. The van der Waals surface area contributed by atoms with E-state index in [4.69, 9.17) is 0 Å². The SMILES string of the molecule is CCOP(=O)(/N=C(\N(C)C)C(F)(F)F)OCC. The first-order valence-electron chi connectivity index (χ1n) is 4.90. The van der Waals surface area contributed by atoms with Gasteiger partial charge in [-0.3, -0.25) is 9.05 Å². The van der Waals surface area contributed by atoms with Gasteiger partial charge in [-0.25, -0.2) is 4.57 Å². The van der Waals surface area contributed by atoms with Gasteiger partial charge in [0.25, 0.3) is 0 Å². The lowest BCUT2D eigenvalue weighted by atomic mass is 10.5. The van der Waals surface area contributed by atoms with Crippen molar-refractivity contribution in [1.29, 1.82) is 0 Å². The van der Waals surface area contributed by atoms with Crippen LogP contribution in [0.25, 0.3) is 0 Å². The molecule has 0 fully saturated rings. The average molecular weight is 276 g/mol. The van der Waals surface area contributed by atoms with Gasteiger partial charge in [-0.15, -0.1) is 0 Å². The van der Waals surface area contributed by atoms with Crippen molar-refractivity contribution in [3.63, 3.8) is 0 Å². The van der Waals surface area contributed by atoms with Crippen LogP contribution >= 0.6 is 7.75 Å². The van der Waals surface area contributed by atoms with Gasteiger partial charge in [-0.2, -0.15) is 17.9 Å². The van der Waals surface area contributed by atoms with Crippen molar-refractivity contribution in [2.24, 2.45) is 4.76 Å². The Bertz CT molecular complexity index is 308. The zero-order valence-corrected chi connectivity index (χ0v) is 11.0. The molecule has 0 amide bonds. The molecule has 0 rings (SSSR count). The summed E-state index contributed by atoms with van der Waals surface area (Å²) in [6.45, 7) is 2.87. The van der Waals surface area contributed by atoms with Crippen LogP contribution in [0, 0.1) is 0 Å². The second-order valence-electron chi connectivity index (χ2n) is 3.12. The number of alkyl halides is 3. The normalized spacial score (nSPS) is 13.9. The van der Waals surface area contributed by atoms with Crippen LogP contribution in [0.5, 0.6) is 0 Å². The van der Waals surface area contributed by atoms with E-state index < -0.39 is 19.8 Å². The highest BCUT2D eigenvalue weighted by Gasteiger charge is 2.40. The molecule has 0 aromatic heterocycles. The molecule has 17 heavy (non-hydrogen) atoms. The van der Waals surface area contributed by atoms with Gasteiger partial charge >= 0.3 is 13.9 Å². The average Bonchev–Trinajstić information content (AvgIpc) is 2.13. The zero-order chi connectivity index (χ0) is 13.7. The van der Waals surface area contributed by atoms with E-state index in [1.54, 1.807) is 0 Å². The Balaban J connectivity index is 5.32. The fourth-order valence-corrected chi connectivity index (χ4v) is 2.30. The molecule has 102 valence electrons. The minimum Gasteiger partial charge on any atom is -0.358 e. The van der Waals surface area contributed by atoms with Gasteiger partial charge in [-0.05, 0) is 13.8 Å². The molecule has 0 aliphatic carbocycles. The second kappa shape index (κ2) is 6.37. The molecule has 0 bridgehead atoms. The van der Waals surface area contributed by atoms with Crippen LogP contribution in [0.3, 0.4) is 0 Å². The summed E-state index contributed by atoms with van der Waals surface area (Å²) in [7, 11) is -1.80. The summed E-state index contributed by atoms with van der Waals surface area (Å²) in [6, 6.07) is 0. The number of hydrogen-bond acceptors (Lipinski definition) is 3. The van der Waals surface area contributed by atoms with Crippen LogP contribution in [0.2, 0.25) is 0 Å². The van der Waals surface area contributed by atoms with Crippen LogP contribution in [0.15, 0.2) is 4.76 Å². The van der Waals surface area contributed by atoms with E-state index in [0.717, 1.165) is 14.1 Å². The molecule has 0 saturated heterocycles. The Labute approximate surface area is 98.2 Å². The van der Waals surface area contributed by atoms with Gasteiger partial charge in [0.1, 0.15) is 0 Å². The van der Waals surface area contributed by atoms with Crippen molar-refractivity contribution in [3.8, 4) is 0 Å². The third-order valence-corrected chi connectivity index (χ3v) is 3.08. The highest BCUT2D eigenvalue weighted by atomic mass is 31.2. The molecule has 0 unspecified atom stereocenters. The lowest BCUT2D eigenvalue weighted by molar-refractivity contribution is -0.0668. The Kier molecular flexibility index (Phi) is 6.15. The van der Waals surface area contributed by atoms with Crippen LogP contribution < -0.4 is 0 Å². The fourth-order valence-electron chi connectivity index (χ4n) is 0.937. The van der Waals surface area contributed by atoms with Gasteiger partial charge < -0.3 is 4.90 Å². The van der Waals surface area contributed by atoms with Crippen LogP contribution in [-0.4, -0.2) is 44.2 Å². The molecule has 0 spiro atoms. The summed E-state index contributed by atoms with van der Waals surface area (Å²) in [5.74, 6) is -1.30. The van der Waals surface area contributed by atoms with E-state index >= 15 is 0 Å². The summed E-state index contributed by atoms with van der Waals surface area (Å²) in [6.07, 6.45) is -4.71. The first kappa shape index (κ1) is 16.4. The van der Waals surface area contributed by atoms with Gasteiger partial charge in [0.2, 0.25) is 5.84 Å². The van der Waals surface area contributed by atoms with Crippen LogP contribution in [0.4, 0.5) is 13.2 Å². The monoisotopic (exact) mass is 276 g/mol. The highest BCUT2D eigenvalue weighted by molar-refractivity contribution is 7.52. The molecule has 9 heteroatoms. The van der Waals surface area contributed by atoms with Crippen LogP contribution in [-0.2, 0) is 13.6 Å². The number of nitrogens with zero attached hydrogens (tertiary/aromatic N) is 2. The van der Waals surface area contributed by atoms with E-state index in [1.165, 1.54) is 13.8 Å². The molecule has 5 nitrogen and oxygen atoms in total. The van der Waals surface area contributed by atoms with Gasteiger partial charge in [0.15, 0.2) is 0 Å². The minimum atomic E-state index is -4.71. The third kappa shape index (κ3) is 5.52. The topological polar surface area (TPSA) is 51.1 Å². The summed E-state index contributed by atoms with van der Waals surface area (Å²) >= 11 is 0. The molecule has 0 aliphatic rings. The summed E-state index contributed by atoms with van der Waals surface area (Å²) in [5.41, 5.74) is 0. The standard InChI is InChI=1S/C8H16F3N2O3P/c1-5-15-17(14,16-6-2)12-7(13(3)4)8(9,10)11/h5-6H2,1-4H3/b12-7-. The predicted octanol–water partition coefficient (Wildman–Crippen LogP) is 2.69. The number of rotatable bonds is 5. The Hall–Kier alpha value is -0.590. The van der Waals surface area contributed by atoms with Gasteiger partial charge in [-0.1, -0.05) is 0 Å². The zero-order valence-electron chi connectivity index (χ0n) is 10.1. The van der Waals surface area contributed by atoms with Gasteiger partial charge in [0.05, 0.1) is 13.2 Å². The van der Waals surface area contributed by atoms with Crippen molar-refractivity contribution >= 4 is 13.6 Å². The molecular formula is C8H16F3N2O3P. The minimum absolute atomic E-state index is 0.0562. The van der Waals surface area contributed by atoms with E-state index in [0.29, 0.717) is 4.90 Å². The first-order chi connectivity index (χ1) is 7.66. The fraction of sp³-hybridized carbons (Fsp3) is 0.875. The molecule has 0 aromatic rings. The Morgan fingerprint density at radius 1 is 1.24 bits per heavy atom. The molecule has 0 heterocycles. The number of amidine groups is 1. The van der Waals surface area contributed by atoms with E-state index in [2.05, 4.69) is 13.8 Å². The third-order valence-electron chi connectivity index (χ3n) is 1.48. The summed E-state index contributed by atoms with van der Waals surface area (Å²) < 4.78 is 62.0. The lowest BCUT2D eigenvalue weighted by Gasteiger charge is -2.20. The predicted molar refractivity (Wildman–Crippen MR) is 58.0 cm³/mol. The number of hydrogen-bond donors (Lipinski definition) is 0. The summed E-state index contributed by atoms with van der Waals surface area (Å²) in [5, 5.41) is 0. The molecule has 0 aliphatic heterocycles. The number of halogens is 3. The van der Waals surface area contributed by atoms with Crippen LogP contribution in [0.1, 0.15) is 13.8 Å². The molecule has 0 atom stereocenters. The van der Waals surface area contributed by atoms with E-state index in [9.17, 15) is 17.7 Å². The molecule has 0 radical (unpaired) electrons. The maximum absolute atomic E-state index is 12.6. The lowest BCUT2D eigenvalue weighted by Crippen LogP contribution is -2.36. The largest absolute Gasteiger partial charge is 0.455 e. The van der Waals surface area contributed by atoms with Crippen molar-refractivity contribution < 1.29 is 26.8 Å². The molecular weight excluding hydrogens is 260 g/mol. The smallest absolute Gasteiger partial charge is 0.358 e. The van der Waals surface area contributed by atoms with E-state index in [-0.39, 0.29) is 13.2 Å². The second-order valence-corrected chi connectivity index (χ2v) is 4.77. The van der Waals surface area contributed by atoms with Crippen molar-refractivity contribution in [3.05, 3.63) is 0 Å². The Morgan fingerprint density at radius 2 is 1.65 bits per heavy atom. The first-order valence-corrected chi connectivity index (χ1v) is 6.39. The maximum atomic E-state index is 12.6. The van der Waals surface area contributed by atoms with Gasteiger partial charge in [0, 0.05) is 14.1 Å². The van der Waals surface area contributed by atoms with Crippen molar-refractivity contribution in [1.82, 2.24) is 4.90 Å². The summed E-state index contributed by atoms with van der Waals surface area (Å²) in [4.78, 5) is 0.713. The van der Waals surface area contributed by atoms with Crippen molar-refractivity contribution in [2.45, 2.75) is 20.0 Å². The van der Waals surface area contributed by atoms with E-state index in [1.807, 2.05) is 0 Å². The Morgan fingerprint density at radius 3 is 1.88 bits per heavy atom. The molecule has 0 saturated carbocycles. The quantitative estimate of drug-likeness (QED) is 0.440. The maximum Gasteiger partial charge on any atom is 0.455 e. The molecule has 0 N–H and O–H groups in total.